The quantitative estimate of drug-likeness (QED) is 0.829. The van der Waals surface area contributed by atoms with Crippen molar-refractivity contribution >= 4 is 0 Å². The molecular formula is C17H28N2O. The van der Waals surface area contributed by atoms with Gasteiger partial charge >= 0.3 is 0 Å². The molecule has 3 nitrogen and oxygen atoms in total. The van der Waals surface area contributed by atoms with E-state index in [1.165, 1.54) is 17.7 Å². The zero-order chi connectivity index (χ0) is 14.6. The summed E-state index contributed by atoms with van der Waals surface area (Å²) in [4.78, 5) is 4.66. The molecule has 0 bridgehead atoms. The number of fused-ring (bicyclic) bond motifs is 1. The lowest BCUT2D eigenvalue weighted by molar-refractivity contribution is -0.0542. The molecule has 0 fully saturated rings. The van der Waals surface area contributed by atoms with Crippen molar-refractivity contribution in [1.29, 1.82) is 0 Å². The molecule has 0 aromatic carbocycles. The third-order valence-corrected chi connectivity index (χ3v) is 5.00. The summed E-state index contributed by atoms with van der Waals surface area (Å²) in [5.74, 6) is 0.464. The van der Waals surface area contributed by atoms with E-state index in [0.717, 1.165) is 25.8 Å². The summed E-state index contributed by atoms with van der Waals surface area (Å²) in [5.41, 5.74) is 2.60. The van der Waals surface area contributed by atoms with E-state index >= 15 is 0 Å². The van der Waals surface area contributed by atoms with Gasteiger partial charge in [0.2, 0.25) is 0 Å². The third-order valence-electron chi connectivity index (χ3n) is 5.00. The number of methoxy groups -OCH3 is 1. The maximum Gasteiger partial charge on any atom is 0.0832 e. The van der Waals surface area contributed by atoms with Crippen LogP contribution in [0.15, 0.2) is 18.3 Å². The maximum atomic E-state index is 5.99. The van der Waals surface area contributed by atoms with Crippen LogP contribution in [0.2, 0.25) is 0 Å². The smallest absolute Gasteiger partial charge is 0.0832 e. The first kappa shape index (κ1) is 15.5. The Hall–Kier alpha value is -0.930. The Labute approximate surface area is 123 Å². The number of hydrogen-bond acceptors (Lipinski definition) is 3. The van der Waals surface area contributed by atoms with Gasteiger partial charge in [-0.3, -0.25) is 4.98 Å². The number of nitrogens with zero attached hydrogens (tertiary/aromatic N) is 1. The van der Waals surface area contributed by atoms with Crippen molar-refractivity contribution < 1.29 is 4.74 Å². The van der Waals surface area contributed by atoms with E-state index in [0.29, 0.717) is 12.0 Å². The fraction of sp³-hybridized carbons (Fsp3) is 0.706. The van der Waals surface area contributed by atoms with Crippen molar-refractivity contribution in [1.82, 2.24) is 10.3 Å². The SMILES string of the molecule is CCNC(C1CCc2cccnc21)C(CC)(CC)OC. The van der Waals surface area contributed by atoms with Gasteiger partial charge in [-0.2, -0.15) is 0 Å². The number of likely N-dealkylation sites (N-methyl/N-ethyl adjacent to an activating group) is 1. The van der Waals surface area contributed by atoms with Crippen molar-refractivity contribution in [3.8, 4) is 0 Å². The van der Waals surface area contributed by atoms with Crippen LogP contribution in [0.4, 0.5) is 0 Å². The molecular weight excluding hydrogens is 248 g/mol. The van der Waals surface area contributed by atoms with E-state index in [1.54, 1.807) is 0 Å². The number of aryl methyl sites for hydroxylation is 1. The van der Waals surface area contributed by atoms with Gasteiger partial charge in [-0.05, 0) is 43.9 Å². The summed E-state index contributed by atoms with van der Waals surface area (Å²) in [6.45, 7) is 7.60. The van der Waals surface area contributed by atoms with Gasteiger partial charge in [0, 0.05) is 31.0 Å². The van der Waals surface area contributed by atoms with Crippen LogP contribution in [0.25, 0.3) is 0 Å². The van der Waals surface area contributed by atoms with Crippen LogP contribution >= 0.6 is 0 Å². The molecule has 1 aliphatic carbocycles. The molecule has 1 aromatic heterocycles. The van der Waals surface area contributed by atoms with E-state index in [1.807, 2.05) is 19.4 Å². The van der Waals surface area contributed by atoms with E-state index in [9.17, 15) is 0 Å². The predicted octanol–water partition coefficient (Wildman–Crippen LogP) is 3.29. The molecule has 0 amide bonds. The summed E-state index contributed by atoms with van der Waals surface area (Å²) in [6.07, 6.45) is 6.29. The van der Waals surface area contributed by atoms with Gasteiger partial charge < -0.3 is 10.1 Å². The number of aromatic nitrogens is 1. The Morgan fingerprint density at radius 1 is 1.40 bits per heavy atom. The predicted molar refractivity (Wildman–Crippen MR) is 83.1 cm³/mol. The molecule has 2 rings (SSSR count). The van der Waals surface area contributed by atoms with Gasteiger partial charge in [-0.25, -0.2) is 0 Å². The lowest BCUT2D eigenvalue weighted by Crippen LogP contribution is -2.54. The van der Waals surface area contributed by atoms with Crippen LogP contribution in [0.1, 0.15) is 57.2 Å². The minimum absolute atomic E-state index is 0.0974. The first-order valence-corrected chi connectivity index (χ1v) is 7.94. The highest BCUT2D eigenvalue weighted by atomic mass is 16.5. The summed E-state index contributed by atoms with van der Waals surface area (Å²) >= 11 is 0. The fourth-order valence-corrected chi connectivity index (χ4v) is 3.79. The summed E-state index contributed by atoms with van der Waals surface area (Å²) in [6, 6.07) is 4.60. The highest BCUT2D eigenvalue weighted by molar-refractivity contribution is 5.31. The van der Waals surface area contributed by atoms with Crippen molar-refractivity contribution in [3.63, 3.8) is 0 Å². The van der Waals surface area contributed by atoms with E-state index < -0.39 is 0 Å². The normalized spacial score (nSPS) is 19.9. The molecule has 0 spiro atoms. The second-order valence-corrected chi connectivity index (χ2v) is 5.70. The fourth-order valence-electron chi connectivity index (χ4n) is 3.79. The van der Waals surface area contributed by atoms with Gasteiger partial charge in [-0.1, -0.05) is 26.8 Å². The van der Waals surface area contributed by atoms with Crippen molar-refractivity contribution in [2.45, 2.75) is 64.0 Å². The first-order chi connectivity index (χ1) is 9.72. The van der Waals surface area contributed by atoms with Crippen molar-refractivity contribution in [2.24, 2.45) is 0 Å². The largest absolute Gasteiger partial charge is 0.377 e. The second kappa shape index (κ2) is 6.68. The third kappa shape index (κ3) is 2.61. The number of ether oxygens (including phenoxy) is 1. The Balaban J connectivity index is 2.35. The van der Waals surface area contributed by atoms with Gasteiger partial charge in [-0.15, -0.1) is 0 Å². The molecule has 20 heavy (non-hydrogen) atoms. The molecule has 1 aromatic rings. The zero-order valence-corrected chi connectivity index (χ0v) is 13.3. The van der Waals surface area contributed by atoms with Crippen LogP contribution in [0, 0.1) is 0 Å². The van der Waals surface area contributed by atoms with Gasteiger partial charge in [0.15, 0.2) is 0 Å². The van der Waals surface area contributed by atoms with E-state index in [2.05, 4.69) is 37.1 Å². The average Bonchev–Trinajstić information content (AvgIpc) is 2.92. The van der Waals surface area contributed by atoms with Crippen LogP contribution in [-0.4, -0.2) is 30.3 Å². The molecule has 0 saturated carbocycles. The van der Waals surface area contributed by atoms with E-state index in [-0.39, 0.29) is 5.60 Å². The Kier molecular flexibility index (Phi) is 5.17. The summed E-state index contributed by atoms with van der Waals surface area (Å²) in [5, 5.41) is 3.69. The topological polar surface area (TPSA) is 34.2 Å². The molecule has 3 heteroatoms. The number of rotatable bonds is 7. The molecule has 112 valence electrons. The average molecular weight is 276 g/mol. The minimum Gasteiger partial charge on any atom is -0.377 e. The number of pyridine rings is 1. The summed E-state index contributed by atoms with van der Waals surface area (Å²) < 4.78 is 5.99. The Morgan fingerprint density at radius 2 is 2.15 bits per heavy atom. The van der Waals surface area contributed by atoms with E-state index in [4.69, 9.17) is 4.74 Å². The Bertz CT molecular complexity index is 420. The standard InChI is InChI=1S/C17H28N2O/c1-5-17(6-2,20-4)16(18-7-3)14-11-10-13-9-8-12-19-15(13)14/h8-9,12,14,16,18H,5-7,10-11H2,1-4H3. The summed E-state index contributed by atoms with van der Waals surface area (Å²) in [7, 11) is 1.85. The highest BCUT2D eigenvalue weighted by Gasteiger charge is 2.43. The molecule has 0 aliphatic heterocycles. The lowest BCUT2D eigenvalue weighted by atomic mass is 9.79. The maximum absolute atomic E-state index is 5.99. The van der Waals surface area contributed by atoms with Crippen LogP contribution < -0.4 is 5.32 Å². The van der Waals surface area contributed by atoms with Gasteiger partial charge in [0.05, 0.1) is 5.60 Å². The molecule has 1 N–H and O–H groups in total. The molecule has 2 unspecified atom stereocenters. The molecule has 1 heterocycles. The number of nitrogens with one attached hydrogen (secondary N) is 1. The van der Waals surface area contributed by atoms with Gasteiger partial charge in [0.25, 0.3) is 0 Å². The van der Waals surface area contributed by atoms with Crippen molar-refractivity contribution in [3.05, 3.63) is 29.6 Å². The van der Waals surface area contributed by atoms with Gasteiger partial charge in [0.1, 0.15) is 0 Å². The van der Waals surface area contributed by atoms with Crippen LogP contribution in [0.3, 0.4) is 0 Å². The van der Waals surface area contributed by atoms with Crippen LogP contribution in [-0.2, 0) is 11.2 Å². The molecule has 1 aliphatic rings. The minimum atomic E-state index is -0.0974. The van der Waals surface area contributed by atoms with Crippen LogP contribution in [0.5, 0.6) is 0 Å². The molecule has 0 saturated heterocycles. The molecule has 2 atom stereocenters. The molecule has 0 radical (unpaired) electrons. The monoisotopic (exact) mass is 276 g/mol. The zero-order valence-electron chi connectivity index (χ0n) is 13.3. The Morgan fingerprint density at radius 3 is 2.75 bits per heavy atom. The second-order valence-electron chi connectivity index (χ2n) is 5.70. The lowest BCUT2D eigenvalue weighted by Gasteiger charge is -2.42. The first-order valence-electron chi connectivity index (χ1n) is 7.94. The number of hydrogen-bond donors (Lipinski definition) is 1. The highest BCUT2D eigenvalue weighted by Crippen LogP contribution is 2.40. The van der Waals surface area contributed by atoms with Crippen molar-refractivity contribution in [2.75, 3.05) is 13.7 Å².